The molecule has 6 heteroatoms. The molecule has 2 rings (SSSR count). The third kappa shape index (κ3) is 6.99. The standard InChI is InChI=1S/C23H27NO5/c1-23(2,3)18-9-5-17(6-10-18)15-29-19-11-7-16(13-20(19)28-4)8-12-21(25)24-14-22(26)27/h5-13H,14-15H2,1-4H3,(H,24,25)(H,26,27)/b12-8+. The summed E-state index contributed by atoms with van der Waals surface area (Å²) in [6, 6.07) is 13.6. The zero-order chi connectivity index (χ0) is 21.4. The molecule has 0 saturated heterocycles. The third-order valence-corrected chi connectivity index (χ3v) is 4.24. The van der Waals surface area contributed by atoms with Crippen LogP contribution in [0.1, 0.15) is 37.5 Å². The predicted octanol–water partition coefficient (Wildman–Crippen LogP) is 3.79. The number of nitrogens with one attached hydrogen (secondary N) is 1. The van der Waals surface area contributed by atoms with Gasteiger partial charge in [0.25, 0.3) is 0 Å². The summed E-state index contributed by atoms with van der Waals surface area (Å²) in [5, 5.41) is 10.8. The molecular weight excluding hydrogens is 370 g/mol. The highest BCUT2D eigenvalue weighted by Crippen LogP contribution is 2.29. The van der Waals surface area contributed by atoms with Crippen molar-refractivity contribution in [1.82, 2.24) is 5.32 Å². The minimum Gasteiger partial charge on any atom is -0.493 e. The number of hydrogen-bond donors (Lipinski definition) is 2. The van der Waals surface area contributed by atoms with Crippen molar-refractivity contribution in [3.05, 3.63) is 65.2 Å². The fourth-order valence-electron chi connectivity index (χ4n) is 2.56. The van der Waals surface area contributed by atoms with Crippen molar-refractivity contribution in [3.63, 3.8) is 0 Å². The smallest absolute Gasteiger partial charge is 0.322 e. The lowest BCUT2D eigenvalue weighted by atomic mass is 9.87. The Balaban J connectivity index is 2.01. The Morgan fingerprint density at radius 2 is 1.76 bits per heavy atom. The van der Waals surface area contributed by atoms with E-state index in [-0.39, 0.29) is 5.41 Å². The van der Waals surface area contributed by atoms with E-state index in [2.05, 4.69) is 50.4 Å². The molecule has 2 N–H and O–H groups in total. The maximum Gasteiger partial charge on any atom is 0.322 e. The lowest BCUT2D eigenvalue weighted by Gasteiger charge is -2.19. The number of carboxylic acid groups (broad SMARTS) is 1. The lowest BCUT2D eigenvalue weighted by molar-refractivity contribution is -0.137. The van der Waals surface area contributed by atoms with E-state index in [0.717, 1.165) is 11.1 Å². The van der Waals surface area contributed by atoms with Crippen molar-refractivity contribution in [3.8, 4) is 11.5 Å². The minimum absolute atomic E-state index is 0.108. The Morgan fingerprint density at radius 3 is 2.34 bits per heavy atom. The van der Waals surface area contributed by atoms with Crippen LogP contribution in [0.25, 0.3) is 6.08 Å². The first-order valence-corrected chi connectivity index (χ1v) is 9.27. The highest BCUT2D eigenvalue weighted by atomic mass is 16.5. The lowest BCUT2D eigenvalue weighted by Crippen LogP contribution is -2.27. The van der Waals surface area contributed by atoms with E-state index < -0.39 is 18.4 Å². The van der Waals surface area contributed by atoms with Crippen molar-refractivity contribution >= 4 is 18.0 Å². The van der Waals surface area contributed by atoms with Crippen molar-refractivity contribution < 1.29 is 24.2 Å². The second kappa shape index (κ2) is 9.78. The molecule has 2 aromatic carbocycles. The maximum absolute atomic E-state index is 11.6. The van der Waals surface area contributed by atoms with Gasteiger partial charge in [0.1, 0.15) is 13.2 Å². The molecule has 0 bridgehead atoms. The normalized spacial score (nSPS) is 11.3. The molecule has 6 nitrogen and oxygen atoms in total. The molecule has 0 aliphatic heterocycles. The summed E-state index contributed by atoms with van der Waals surface area (Å²) in [5.41, 5.74) is 3.16. The third-order valence-electron chi connectivity index (χ3n) is 4.24. The molecule has 0 fully saturated rings. The first-order valence-electron chi connectivity index (χ1n) is 9.27. The van der Waals surface area contributed by atoms with Crippen LogP contribution in [0, 0.1) is 0 Å². The first-order chi connectivity index (χ1) is 13.7. The Hall–Kier alpha value is -3.28. The summed E-state index contributed by atoms with van der Waals surface area (Å²) in [7, 11) is 1.55. The van der Waals surface area contributed by atoms with Gasteiger partial charge in [0.15, 0.2) is 11.5 Å². The van der Waals surface area contributed by atoms with E-state index in [4.69, 9.17) is 14.6 Å². The average Bonchev–Trinajstić information content (AvgIpc) is 2.69. The van der Waals surface area contributed by atoms with Crippen molar-refractivity contribution in [1.29, 1.82) is 0 Å². The molecule has 0 unspecified atom stereocenters. The van der Waals surface area contributed by atoms with Gasteiger partial charge in [-0.05, 0) is 40.3 Å². The highest BCUT2D eigenvalue weighted by molar-refractivity contribution is 5.93. The van der Waals surface area contributed by atoms with E-state index in [0.29, 0.717) is 18.1 Å². The minimum atomic E-state index is -1.09. The Morgan fingerprint density at radius 1 is 1.07 bits per heavy atom. The zero-order valence-electron chi connectivity index (χ0n) is 17.2. The van der Waals surface area contributed by atoms with Gasteiger partial charge in [0.2, 0.25) is 5.91 Å². The second-order valence-corrected chi connectivity index (χ2v) is 7.59. The number of carbonyl (C=O) groups is 2. The summed E-state index contributed by atoms with van der Waals surface area (Å²) in [6.07, 6.45) is 2.85. The van der Waals surface area contributed by atoms with Crippen LogP contribution in [-0.4, -0.2) is 30.6 Å². The van der Waals surface area contributed by atoms with Crippen molar-refractivity contribution in [2.24, 2.45) is 0 Å². The monoisotopic (exact) mass is 397 g/mol. The van der Waals surface area contributed by atoms with Gasteiger partial charge in [0.05, 0.1) is 7.11 Å². The molecule has 0 spiro atoms. The van der Waals surface area contributed by atoms with Crippen LogP contribution in [0.4, 0.5) is 0 Å². The van der Waals surface area contributed by atoms with Gasteiger partial charge in [-0.3, -0.25) is 9.59 Å². The summed E-state index contributed by atoms with van der Waals surface area (Å²) < 4.78 is 11.3. The fraction of sp³-hybridized carbons (Fsp3) is 0.304. The van der Waals surface area contributed by atoms with Gasteiger partial charge in [-0.15, -0.1) is 0 Å². The number of benzene rings is 2. The molecule has 0 radical (unpaired) electrons. The largest absolute Gasteiger partial charge is 0.493 e. The summed E-state index contributed by atoms with van der Waals surface area (Å²) in [5.74, 6) is -0.433. The van der Waals surface area contributed by atoms with Gasteiger partial charge < -0.3 is 19.9 Å². The molecule has 2 aromatic rings. The summed E-state index contributed by atoms with van der Waals surface area (Å²) >= 11 is 0. The Kier molecular flexibility index (Phi) is 7.42. The molecule has 0 atom stereocenters. The first kappa shape index (κ1) is 22.0. The number of rotatable bonds is 8. The van der Waals surface area contributed by atoms with Crippen LogP contribution in [0.2, 0.25) is 0 Å². The molecule has 0 aliphatic carbocycles. The maximum atomic E-state index is 11.6. The number of carbonyl (C=O) groups excluding carboxylic acids is 1. The van der Waals surface area contributed by atoms with Crippen molar-refractivity contribution in [2.75, 3.05) is 13.7 Å². The van der Waals surface area contributed by atoms with Crippen LogP contribution >= 0.6 is 0 Å². The predicted molar refractivity (Wildman–Crippen MR) is 112 cm³/mol. The van der Waals surface area contributed by atoms with Gasteiger partial charge in [0, 0.05) is 6.08 Å². The van der Waals surface area contributed by atoms with Crippen LogP contribution in [0.15, 0.2) is 48.5 Å². The average molecular weight is 397 g/mol. The molecular formula is C23H27NO5. The number of amides is 1. The van der Waals surface area contributed by atoms with E-state index in [1.54, 1.807) is 31.4 Å². The molecule has 0 aliphatic rings. The quantitative estimate of drug-likeness (QED) is 0.662. The zero-order valence-corrected chi connectivity index (χ0v) is 17.2. The van der Waals surface area contributed by atoms with E-state index in [1.807, 2.05) is 0 Å². The number of aliphatic carboxylic acids is 1. The fourth-order valence-corrected chi connectivity index (χ4v) is 2.56. The number of hydrogen-bond acceptors (Lipinski definition) is 4. The molecule has 0 aromatic heterocycles. The number of methoxy groups -OCH3 is 1. The van der Waals surface area contributed by atoms with E-state index in [9.17, 15) is 9.59 Å². The summed E-state index contributed by atoms with van der Waals surface area (Å²) in [4.78, 5) is 22.0. The number of carboxylic acids is 1. The topological polar surface area (TPSA) is 84.9 Å². The Labute approximate surface area is 171 Å². The van der Waals surface area contributed by atoms with Gasteiger partial charge >= 0.3 is 5.97 Å². The highest BCUT2D eigenvalue weighted by Gasteiger charge is 2.13. The van der Waals surface area contributed by atoms with Crippen LogP contribution < -0.4 is 14.8 Å². The van der Waals surface area contributed by atoms with E-state index >= 15 is 0 Å². The summed E-state index contributed by atoms with van der Waals surface area (Å²) in [6.45, 7) is 6.52. The number of ether oxygens (including phenoxy) is 2. The second-order valence-electron chi connectivity index (χ2n) is 7.59. The van der Waals surface area contributed by atoms with E-state index in [1.165, 1.54) is 11.6 Å². The molecule has 1 amide bonds. The SMILES string of the molecule is COc1cc(/C=C/C(=O)NCC(=O)O)ccc1OCc1ccc(C(C)(C)C)cc1. The molecule has 154 valence electrons. The van der Waals surface area contributed by atoms with Gasteiger partial charge in [-0.1, -0.05) is 51.1 Å². The van der Waals surface area contributed by atoms with Gasteiger partial charge in [-0.2, -0.15) is 0 Å². The molecule has 0 heterocycles. The van der Waals surface area contributed by atoms with Crippen LogP contribution in [0.3, 0.4) is 0 Å². The van der Waals surface area contributed by atoms with Crippen LogP contribution in [-0.2, 0) is 21.6 Å². The van der Waals surface area contributed by atoms with Crippen molar-refractivity contribution in [2.45, 2.75) is 32.8 Å². The Bertz CT molecular complexity index is 879. The molecule has 29 heavy (non-hydrogen) atoms. The van der Waals surface area contributed by atoms with Gasteiger partial charge in [-0.25, -0.2) is 0 Å². The molecule has 0 saturated carbocycles. The van der Waals surface area contributed by atoms with Crippen LogP contribution in [0.5, 0.6) is 11.5 Å².